The number of fused-ring (bicyclic) bond motifs is 5. The molecule has 6 heteroatoms. The van der Waals surface area contributed by atoms with Crippen LogP contribution in [0.1, 0.15) is 24.8 Å². The Kier molecular flexibility index (Phi) is 2.93. The molecule has 4 atom stereocenters. The third kappa shape index (κ3) is 2.04. The largest absolute Gasteiger partial charge is 0.326 e. The lowest BCUT2D eigenvalue weighted by Gasteiger charge is -2.13. The fourth-order valence-corrected chi connectivity index (χ4v) is 6.24. The summed E-state index contributed by atoms with van der Waals surface area (Å²) in [4.78, 5) is -0.0117. The lowest BCUT2D eigenvalue weighted by Crippen LogP contribution is -2.31. The molecule has 0 amide bonds. The van der Waals surface area contributed by atoms with E-state index >= 15 is 0 Å². The second-order valence-electron chi connectivity index (χ2n) is 6.59. The molecule has 1 aromatic carbocycles. The van der Waals surface area contributed by atoms with Gasteiger partial charge < -0.3 is 5.73 Å². The number of nitrogens with two attached hydrogens (primary N) is 1. The summed E-state index contributed by atoms with van der Waals surface area (Å²) < 4.78 is 41.3. The monoisotopic (exact) mass is 310 g/mol. The minimum absolute atomic E-state index is 0.0117. The molecule has 21 heavy (non-hydrogen) atoms. The topological polar surface area (TPSA) is 72.2 Å². The van der Waals surface area contributed by atoms with Crippen molar-refractivity contribution >= 4 is 10.0 Å². The number of nitrogens with one attached hydrogen (secondary N) is 1. The van der Waals surface area contributed by atoms with E-state index in [9.17, 15) is 12.8 Å². The highest BCUT2D eigenvalue weighted by atomic mass is 32.2. The second-order valence-corrected chi connectivity index (χ2v) is 8.27. The minimum atomic E-state index is -3.69. The van der Waals surface area contributed by atoms with E-state index in [0.29, 0.717) is 29.2 Å². The van der Waals surface area contributed by atoms with Gasteiger partial charge in [0.15, 0.2) is 0 Å². The quantitative estimate of drug-likeness (QED) is 0.887. The van der Waals surface area contributed by atoms with Crippen molar-refractivity contribution in [3.63, 3.8) is 0 Å². The summed E-state index contributed by atoms with van der Waals surface area (Å²) in [7, 11) is -3.69. The molecule has 4 unspecified atom stereocenters. The van der Waals surface area contributed by atoms with Crippen molar-refractivity contribution in [2.75, 3.05) is 0 Å². The molecule has 4 rings (SSSR count). The summed E-state index contributed by atoms with van der Waals surface area (Å²) in [6.07, 6.45) is 3.73. The number of sulfonamides is 1. The first kappa shape index (κ1) is 13.7. The molecule has 3 fully saturated rings. The molecule has 2 bridgehead atoms. The normalized spacial score (nSPS) is 36.8. The Morgan fingerprint density at radius 3 is 2.52 bits per heavy atom. The molecular weight excluding hydrogens is 291 g/mol. The van der Waals surface area contributed by atoms with Gasteiger partial charge in [-0.1, -0.05) is 6.07 Å². The molecule has 4 nitrogen and oxygen atoms in total. The molecule has 0 spiro atoms. The molecule has 1 aromatic rings. The molecule has 114 valence electrons. The summed E-state index contributed by atoms with van der Waals surface area (Å²) in [6.45, 7) is 0.0826. The van der Waals surface area contributed by atoms with Crippen LogP contribution in [0.25, 0.3) is 0 Å². The van der Waals surface area contributed by atoms with Crippen molar-refractivity contribution in [2.24, 2.45) is 29.4 Å². The van der Waals surface area contributed by atoms with Gasteiger partial charge >= 0.3 is 0 Å². The molecule has 3 N–H and O–H groups in total. The van der Waals surface area contributed by atoms with E-state index in [0.717, 1.165) is 6.07 Å². The summed E-state index contributed by atoms with van der Waals surface area (Å²) in [5.41, 5.74) is 6.03. The lowest BCUT2D eigenvalue weighted by atomic mass is 10.0. The Morgan fingerprint density at radius 1 is 1.24 bits per heavy atom. The Labute approximate surface area is 124 Å². The standard InChI is InChI=1S/C15H19FN2O2S/c16-11-4-3-10(7-17)12(6-11)21(19,20)18-15-13-8-1-2-9(5-8)14(13)15/h3-4,6,8-9,13-15,18H,1-2,5,7,17H2. The number of hydrogen-bond acceptors (Lipinski definition) is 3. The van der Waals surface area contributed by atoms with Gasteiger partial charge in [-0.25, -0.2) is 17.5 Å². The maximum atomic E-state index is 13.4. The van der Waals surface area contributed by atoms with E-state index < -0.39 is 15.8 Å². The minimum Gasteiger partial charge on any atom is -0.326 e. The molecule has 3 aliphatic carbocycles. The Hall–Kier alpha value is -0.980. The molecular formula is C15H19FN2O2S. The fraction of sp³-hybridized carbons (Fsp3) is 0.600. The first-order valence-electron chi connectivity index (χ1n) is 7.52. The van der Waals surface area contributed by atoms with Gasteiger partial charge in [-0.3, -0.25) is 0 Å². The van der Waals surface area contributed by atoms with Gasteiger partial charge in [-0.2, -0.15) is 0 Å². The zero-order chi connectivity index (χ0) is 14.8. The summed E-state index contributed by atoms with van der Waals surface area (Å²) in [6, 6.07) is 3.81. The summed E-state index contributed by atoms with van der Waals surface area (Å²) in [5.74, 6) is 1.84. The molecule has 3 aliphatic rings. The van der Waals surface area contributed by atoms with Gasteiger partial charge in [0.25, 0.3) is 0 Å². The lowest BCUT2D eigenvalue weighted by molar-refractivity contribution is 0.456. The third-order valence-electron chi connectivity index (χ3n) is 5.57. The zero-order valence-electron chi connectivity index (χ0n) is 11.6. The molecule has 0 heterocycles. The van der Waals surface area contributed by atoms with Crippen LogP contribution in [-0.4, -0.2) is 14.5 Å². The van der Waals surface area contributed by atoms with Crippen LogP contribution >= 0.6 is 0 Å². The van der Waals surface area contributed by atoms with Crippen LogP contribution < -0.4 is 10.5 Å². The second kappa shape index (κ2) is 4.51. The van der Waals surface area contributed by atoms with Gasteiger partial charge in [0.1, 0.15) is 5.82 Å². The SMILES string of the molecule is NCc1ccc(F)cc1S(=O)(=O)NC1C2C3CCC(C3)C12. The maximum absolute atomic E-state index is 13.4. The Balaban J connectivity index is 1.59. The first-order chi connectivity index (χ1) is 10.0. The van der Waals surface area contributed by atoms with Gasteiger partial charge in [0, 0.05) is 12.6 Å². The third-order valence-corrected chi connectivity index (χ3v) is 7.11. The van der Waals surface area contributed by atoms with Crippen LogP contribution in [0, 0.1) is 29.5 Å². The fourth-order valence-electron chi connectivity index (χ4n) is 4.67. The van der Waals surface area contributed by atoms with E-state index in [1.807, 2.05) is 0 Å². The Morgan fingerprint density at radius 2 is 1.90 bits per heavy atom. The highest BCUT2D eigenvalue weighted by Gasteiger charge is 2.65. The molecule has 0 aliphatic heterocycles. The summed E-state index contributed by atoms with van der Waals surface area (Å²) >= 11 is 0. The Bertz CT molecular complexity index is 675. The molecule has 0 aromatic heterocycles. The van der Waals surface area contributed by atoms with E-state index in [1.165, 1.54) is 31.4 Å². The highest BCUT2D eigenvalue weighted by molar-refractivity contribution is 7.89. The average molecular weight is 310 g/mol. The van der Waals surface area contributed by atoms with E-state index in [1.54, 1.807) is 0 Å². The number of rotatable bonds is 4. The van der Waals surface area contributed by atoms with Crippen LogP contribution in [0.2, 0.25) is 0 Å². The van der Waals surface area contributed by atoms with Gasteiger partial charge in [-0.15, -0.1) is 0 Å². The van der Waals surface area contributed by atoms with Crippen LogP contribution in [0.4, 0.5) is 4.39 Å². The van der Waals surface area contributed by atoms with Crippen molar-refractivity contribution in [2.45, 2.75) is 36.7 Å². The van der Waals surface area contributed by atoms with Crippen molar-refractivity contribution in [3.8, 4) is 0 Å². The zero-order valence-corrected chi connectivity index (χ0v) is 12.4. The molecule has 0 saturated heterocycles. The molecule has 3 saturated carbocycles. The van der Waals surface area contributed by atoms with Crippen LogP contribution in [0.15, 0.2) is 23.1 Å². The van der Waals surface area contributed by atoms with Crippen molar-refractivity contribution in [1.29, 1.82) is 0 Å². The van der Waals surface area contributed by atoms with Crippen molar-refractivity contribution in [1.82, 2.24) is 4.72 Å². The van der Waals surface area contributed by atoms with Gasteiger partial charge in [0.2, 0.25) is 10.0 Å². The van der Waals surface area contributed by atoms with Gasteiger partial charge in [-0.05, 0) is 60.6 Å². The predicted molar refractivity (Wildman–Crippen MR) is 76.2 cm³/mol. The van der Waals surface area contributed by atoms with Crippen molar-refractivity contribution < 1.29 is 12.8 Å². The summed E-state index contributed by atoms with van der Waals surface area (Å²) in [5, 5.41) is 0. The average Bonchev–Trinajstić information content (AvgIpc) is 2.85. The first-order valence-corrected chi connectivity index (χ1v) is 9.00. The predicted octanol–water partition coefficient (Wildman–Crippen LogP) is 1.61. The number of benzene rings is 1. The van der Waals surface area contributed by atoms with E-state index in [4.69, 9.17) is 5.73 Å². The smallest absolute Gasteiger partial charge is 0.241 e. The van der Waals surface area contributed by atoms with Crippen LogP contribution in [0.5, 0.6) is 0 Å². The molecule has 0 radical (unpaired) electrons. The van der Waals surface area contributed by atoms with Crippen LogP contribution in [-0.2, 0) is 16.6 Å². The number of halogens is 1. The van der Waals surface area contributed by atoms with E-state index in [2.05, 4.69) is 4.72 Å². The number of hydrogen-bond donors (Lipinski definition) is 2. The van der Waals surface area contributed by atoms with E-state index in [-0.39, 0.29) is 17.5 Å². The highest BCUT2D eigenvalue weighted by Crippen LogP contribution is 2.65. The van der Waals surface area contributed by atoms with Crippen LogP contribution in [0.3, 0.4) is 0 Å². The van der Waals surface area contributed by atoms with Crippen molar-refractivity contribution in [3.05, 3.63) is 29.6 Å². The maximum Gasteiger partial charge on any atom is 0.241 e. The van der Waals surface area contributed by atoms with Gasteiger partial charge in [0.05, 0.1) is 4.90 Å².